The van der Waals surface area contributed by atoms with Gasteiger partial charge in [-0.05, 0) is 66.0 Å². The van der Waals surface area contributed by atoms with Crippen molar-refractivity contribution in [2.45, 2.75) is 20.8 Å². The summed E-state index contributed by atoms with van der Waals surface area (Å²) in [5, 5.41) is 2.74. The molecule has 0 aliphatic heterocycles. The molecule has 1 aromatic carbocycles. The third-order valence-corrected chi connectivity index (χ3v) is 4.17. The summed E-state index contributed by atoms with van der Waals surface area (Å²) in [5.74, 6) is -1.12. The number of rotatable bonds is 4. The molecule has 0 fully saturated rings. The zero-order chi connectivity index (χ0) is 17.9. The molecule has 2 aromatic rings. The molecule has 0 aliphatic carbocycles. The first-order chi connectivity index (χ1) is 11.3. The van der Waals surface area contributed by atoms with Crippen molar-refractivity contribution in [1.82, 2.24) is 4.98 Å². The van der Waals surface area contributed by atoms with Gasteiger partial charge in [0.15, 0.2) is 6.61 Å². The number of amides is 1. The summed E-state index contributed by atoms with van der Waals surface area (Å²) < 4.78 is 5.79. The minimum absolute atomic E-state index is 0.0687. The number of nitrogens with zero attached hydrogens (tertiary/aromatic N) is 1. The van der Waals surface area contributed by atoms with Crippen LogP contribution in [0, 0.1) is 20.8 Å². The van der Waals surface area contributed by atoms with Gasteiger partial charge in [0.25, 0.3) is 5.91 Å². The standard InChI is InChI=1S/C17H16BrClN2O3/c1-9-4-5-13(12(18)6-9)21-14(22)8-24-17(23)15-10(2)7-11(3)20-16(15)19/h4-7H,8H2,1-3H3,(H,21,22). The molecule has 1 heterocycles. The molecule has 0 bridgehead atoms. The van der Waals surface area contributed by atoms with Crippen molar-refractivity contribution in [3.8, 4) is 0 Å². The smallest absolute Gasteiger partial charge is 0.342 e. The van der Waals surface area contributed by atoms with Crippen molar-refractivity contribution >= 4 is 45.1 Å². The minimum atomic E-state index is -0.678. The molecule has 1 aromatic heterocycles. The molecule has 1 N–H and O–H groups in total. The summed E-state index contributed by atoms with van der Waals surface area (Å²) in [4.78, 5) is 28.1. The molecule has 0 radical (unpaired) electrons. The SMILES string of the molecule is Cc1ccc(NC(=O)COC(=O)c2c(C)cc(C)nc2Cl)c(Br)c1. The lowest BCUT2D eigenvalue weighted by Gasteiger charge is -2.10. The minimum Gasteiger partial charge on any atom is -0.452 e. The third kappa shape index (κ3) is 4.55. The van der Waals surface area contributed by atoms with Crippen LogP contribution >= 0.6 is 27.5 Å². The van der Waals surface area contributed by atoms with Crippen molar-refractivity contribution < 1.29 is 14.3 Å². The number of nitrogens with one attached hydrogen (secondary N) is 1. The number of aryl methyl sites for hydroxylation is 3. The monoisotopic (exact) mass is 410 g/mol. The van der Waals surface area contributed by atoms with Gasteiger partial charge in [-0.25, -0.2) is 9.78 Å². The second kappa shape index (κ2) is 7.77. The fraction of sp³-hybridized carbons (Fsp3) is 0.235. The van der Waals surface area contributed by atoms with E-state index in [0.29, 0.717) is 16.9 Å². The Hall–Kier alpha value is -1.92. The summed E-state index contributed by atoms with van der Waals surface area (Å²) >= 11 is 9.36. The van der Waals surface area contributed by atoms with E-state index >= 15 is 0 Å². The summed E-state index contributed by atoms with van der Waals surface area (Å²) in [6.45, 7) is 5.05. The van der Waals surface area contributed by atoms with Crippen LogP contribution in [-0.4, -0.2) is 23.5 Å². The number of ether oxygens (including phenoxy) is 1. The van der Waals surface area contributed by atoms with E-state index in [-0.39, 0.29) is 10.7 Å². The molecule has 0 aliphatic rings. The number of esters is 1. The van der Waals surface area contributed by atoms with Crippen LogP contribution in [0.15, 0.2) is 28.7 Å². The van der Waals surface area contributed by atoms with Gasteiger partial charge in [0.1, 0.15) is 5.15 Å². The quantitative estimate of drug-likeness (QED) is 0.604. The Morgan fingerprint density at radius 2 is 1.96 bits per heavy atom. The molecule has 1 amide bonds. The van der Waals surface area contributed by atoms with E-state index in [4.69, 9.17) is 16.3 Å². The maximum atomic E-state index is 12.1. The van der Waals surface area contributed by atoms with Crippen molar-refractivity contribution in [2.24, 2.45) is 0 Å². The second-order valence-corrected chi connectivity index (χ2v) is 6.57. The number of aromatic nitrogens is 1. The number of hydrogen-bond acceptors (Lipinski definition) is 4. The van der Waals surface area contributed by atoms with E-state index < -0.39 is 18.5 Å². The lowest BCUT2D eigenvalue weighted by molar-refractivity contribution is -0.119. The number of carbonyl (C=O) groups is 2. The van der Waals surface area contributed by atoms with Crippen molar-refractivity contribution in [3.63, 3.8) is 0 Å². The van der Waals surface area contributed by atoms with Crippen LogP contribution in [-0.2, 0) is 9.53 Å². The Balaban J connectivity index is 2.00. The van der Waals surface area contributed by atoms with E-state index in [9.17, 15) is 9.59 Å². The third-order valence-electron chi connectivity index (χ3n) is 3.24. The molecule has 0 spiro atoms. The molecule has 0 unspecified atom stereocenters. The average Bonchev–Trinajstić information content (AvgIpc) is 2.47. The molecule has 0 saturated heterocycles. The lowest BCUT2D eigenvalue weighted by Crippen LogP contribution is -2.21. The van der Waals surface area contributed by atoms with Crippen molar-refractivity contribution in [2.75, 3.05) is 11.9 Å². The van der Waals surface area contributed by atoms with Gasteiger partial charge in [-0.3, -0.25) is 4.79 Å². The highest BCUT2D eigenvalue weighted by Gasteiger charge is 2.18. The Kier molecular flexibility index (Phi) is 5.96. The molecular weight excluding hydrogens is 396 g/mol. The zero-order valence-corrected chi connectivity index (χ0v) is 15.8. The number of carbonyl (C=O) groups excluding carboxylic acids is 2. The average molecular weight is 412 g/mol. The van der Waals surface area contributed by atoms with E-state index in [2.05, 4.69) is 26.2 Å². The Labute approximate surface area is 153 Å². The molecular formula is C17H16BrClN2O3. The molecule has 0 atom stereocenters. The van der Waals surface area contributed by atoms with Crippen molar-refractivity contribution in [3.05, 3.63) is 56.3 Å². The van der Waals surface area contributed by atoms with E-state index in [0.717, 1.165) is 10.0 Å². The highest BCUT2D eigenvalue weighted by molar-refractivity contribution is 9.10. The first-order valence-electron chi connectivity index (χ1n) is 7.15. The number of hydrogen-bond donors (Lipinski definition) is 1. The topological polar surface area (TPSA) is 68.3 Å². The second-order valence-electron chi connectivity index (χ2n) is 5.35. The molecule has 0 saturated carbocycles. The maximum Gasteiger partial charge on any atom is 0.342 e. The molecule has 7 heteroatoms. The maximum absolute atomic E-state index is 12.1. The highest BCUT2D eigenvalue weighted by Crippen LogP contribution is 2.23. The summed E-state index contributed by atoms with van der Waals surface area (Å²) in [5.41, 5.74) is 3.19. The normalized spacial score (nSPS) is 10.4. The largest absolute Gasteiger partial charge is 0.452 e. The Bertz CT molecular complexity index is 785. The zero-order valence-electron chi connectivity index (χ0n) is 13.4. The summed E-state index contributed by atoms with van der Waals surface area (Å²) in [6.07, 6.45) is 0. The van der Waals surface area contributed by atoms with E-state index in [1.165, 1.54) is 0 Å². The number of benzene rings is 1. The summed E-state index contributed by atoms with van der Waals surface area (Å²) in [6, 6.07) is 7.24. The molecule has 5 nitrogen and oxygen atoms in total. The van der Waals surface area contributed by atoms with E-state index in [1.54, 1.807) is 26.0 Å². The van der Waals surface area contributed by atoms with Crippen LogP contribution in [0.25, 0.3) is 0 Å². The van der Waals surface area contributed by atoms with Gasteiger partial charge < -0.3 is 10.1 Å². The Morgan fingerprint density at radius 1 is 1.25 bits per heavy atom. The summed E-state index contributed by atoms with van der Waals surface area (Å²) in [7, 11) is 0. The number of pyridine rings is 1. The van der Waals surface area contributed by atoms with Gasteiger partial charge in [-0.15, -0.1) is 0 Å². The first kappa shape index (κ1) is 18.4. The number of anilines is 1. The van der Waals surface area contributed by atoms with Gasteiger partial charge in [0, 0.05) is 10.2 Å². The van der Waals surface area contributed by atoms with Crippen molar-refractivity contribution in [1.29, 1.82) is 0 Å². The van der Waals surface area contributed by atoms with Crippen LogP contribution in [0.2, 0.25) is 5.15 Å². The fourth-order valence-electron chi connectivity index (χ4n) is 2.15. The predicted molar refractivity (Wildman–Crippen MR) is 96.5 cm³/mol. The van der Waals surface area contributed by atoms with Crippen LogP contribution in [0.4, 0.5) is 5.69 Å². The van der Waals surface area contributed by atoms with Crippen LogP contribution < -0.4 is 5.32 Å². The van der Waals surface area contributed by atoms with E-state index in [1.807, 2.05) is 19.1 Å². The molecule has 24 heavy (non-hydrogen) atoms. The molecule has 126 valence electrons. The fourth-order valence-corrected chi connectivity index (χ4v) is 3.10. The van der Waals surface area contributed by atoms with Crippen LogP contribution in [0.3, 0.4) is 0 Å². The van der Waals surface area contributed by atoms with Gasteiger partial charge in [0.2, 0.25) is 0 Å². The Morgan fingerprint density at radius 3 is 2.58 bits per heavy atom. The lowest BCUT2D eigenvalue weighted by atomic mass is 10.1. The predicted octanol–water partition coefficient (Wildman–Crippen LogP) is 4.22. The number of halogens is 2. The highest BCUT2D eigenvalue weighted by atomic mass is 79.9. The first-order valence-corrected chi connectivity index (χ1v) is 8.32. The van der Waals surface area contributed by atoms with Gasteiger partial charge in [-0.1, -0.05) is 17.7 Å². The molecule has 2 rings (SSSR count). The van der Waals surface area contributed by atoms with Crippen LogP contribution in [0.1, 0.15) is 27.2 Å². The van der Waals surface area contributed by atoms with Gasteiger partial charge in [0.05, 0.1) is 11.3 Å². The van der Waals surface area contributed by atoms with Gasteiger partial charge >= 0.3 is 5.97 Å². The van der Waals surface area contributed by atoms with Gasteiger partial charge in [-0.2, -0.15) is 0 Å². The van der Waals surface area contributed by atoms with Crippen LogP contribution in [0.5, 0.6) is 0 Å².